The third kappa shape index (κ3) is 3.95. The highest BCUT2D eigenvalue weighted by molar-refractivity contribution is 6.14. The Morgan fingerprint density at radius 3 is 1.92 bits per heavy atom. The van der Waals surface area contributed by atoms with Crippen molar-refractivity contribution in [2.75, 3.05) is 0 Å². The third-order valence-corrected chi connectivity index (χ3v) is 10.8. The van der Waals surface area contributed by atoms with Gasteiger partial charge in [-0.1, -0.05) is 127 Å². The molecule has 2 aliphatic heterocycles. The standard InChI is InChI=1S/C48H30N2O2/c1-2-14-32(15-3-1)50-42-24-7-4-16-33(42)34-17-12-18-35(46(34)50)36-19-13-22-40-47(36)52-45-30-31(41-23-10-11-29-49-41)27-28-39(45)48(40)37-20-5-8-25-43(37)51-44-26-9-6-21-38(44)48/h1-30H. The molecule has 0 radical (unpaired) electrons. The van der Waals surface area contributed by atoms with E-state index in [0.717, 1.165) is 84.4 Å². The zero-order valence-corrected chi connectivity index (χ0v) is 28.0. The molecule has 4 nitrogen and oxygen atoms in total. The third-order valence-electron chi connectivity index (χ3n) is 10.8. The van der Waals surface area contributed by atoms with Gasteiger partial charge in [-0.3, -0.25) is 4.98 Å². The number of nitrogens with zero attached hydrogens (tertiary/aromatic N) is 2. The molecule has 4 heterocycles. The first-order valence-electron chi connectivity index (χ1n) is 17.6. The summed E-state index contributed by atoms with van der Waals surface area (Å²) in [7, 11) is 0. The predicted molar refractivity (Wildman–Crippen MR) is 208 cm³/mol. The molecule has 0 aliphatic carbocycles. The van der Waals surface area contributed by atoms with Crippen LogP contribution in [0.15, 0.2) is 182 Å². The Hall–Kier alpha value is -6.91. The van der Waals surface area contributed by atoms with Crippen molar-refractivity contribution in [1.29, 1.82) is 0 Å². The van der Waals surface area contributed by atoms with Crippen molar-refractivity contribution in [1.82, 2.24) is 9.55 Å². The average molecular weight is 667 g/mol. The minimum Gasteiger partial charge on any atom is -0.457 e. The van der Waals surface area contributed by atoms with Gasteiger partial charge in [0.25, 0.3) is 0 Å². The minimum atomic E-state index is -0.715. The van der Waals surface area contributed by atoms with E-state index in [1.807, 2.05) is 36.5 Å². The number of hydrogen-bond donors (Lipinski definition) is 0. The number of pyridine rings is 1. The topological polar surface area (TPSA) is 36.3 Å². The molecule has 0 bridgehead atoms. The maximum absolute atomic E-state index is 7.27. The van der Waals surface area contributed by atoms with Gasteiger partial charge in [-0.05, 0) is 48.5 Å². The molecule has 0 unspecified atom stereocenters. The first-order valence-corrected chi connectivity index (χ1v) is 17.6. The van der Waals surface area contributed by atoms with Crippen molar-refractivity contribution in [3.8, 4) is 51.1 Å². The second kappa shape index (κ2) is 11.0. The summed E-state index contributed by atoms with van der Waals surface area (Å²) in [5.41, 5.74) is 11.0. The molecular formula is C48H30N2O2. The van der Waals surface area contributed by atoms with Gasteiger partial charge in [0, 0.05) is 61.6 Å². The summed E-state index contributed by atoms with van der Waals surface area (Å²) in [6.45, 7) is 0. The number of hydrogen-bond acceptors (Lipinski definition) is 3. The second-order valence-corrected chi connectivity index (χ2v) is 13.4. The molecule has 1 spiro atoms. The molecule has 0 saturated carbocycles. The van der Waals surface area contributed by atoms with Crippen LogP contribution in [0.4, 0.5) is 0 Å². The average Bonchev–Trinajstić information content (AvgIpc) is 3.56. The maximum Gasteiger partial charge on any atom is 0.140 e. The van der Waals surface area contributed by atoms with Crippen LogP contribution in [-0.2, 0) is 5.41 Å². The van der Waals surface area contributed by atoms with Crippen molar-refractivity contribution < 1.29 is 9.47 Å². The molecule has 2 aliphatic rings. The smallest absolute Gasteiger partial charge is 0.140 e. The van der Waals surface area contributed by atoms with Gasteiger partial charge in [-0.15, -0.1) is 0 Å². The first-order chi connectivity index (χ1) is 25.8. The van der Waals surface area contributed by atoms with Crippen molar-refractivity contribution in [3.63, 3.8) is 0 Å². The largest absolute Gasteiger partial charge is 0.457 e. The molecule has 11 rings (SSSR count). The monoisotopic (exact) mass is 666 g/mol. The van der Waals surface area contributed by atoms with Gasteiger partial charge in [0.1, 0.15) is 23.0 Å². The fourth-order valence-corrected chi connectivity index (χ4v) is 8.67. The van der Waals surface area contributed by atoms with E-state index in [1.165, 1.54) is 10.8 Å². The number of para-hydroxylation sites is 6. The molecule has 7 aromatic carbocycles. The van der Waals surface area contributed by atoms with Crippen LogP contribution in [0, 0.1) is 0 Å². The van der Waals surface area contributed by atoms with Crippen molar-refractivity contribution >= 4 is 21.8 Å². The summed E-state index contributed by atoms with van der Waals surface area (Å²) in [5, 5.41) is 2.41. The zero-order valence-electron chi connectivity index (χ0n) is 28.0. The Balaban J connectivity index is 1.27. The van der Waals surface area contributed by atoms with E-state index < -0.39 is 5.41 Å². The Bertz CT molecular complexity index is 2810. The van der Waals surface area contributed by atoms with Gasteiger partial charge in [0.05, 0.1) is 22.1 Å². The first kappa shape index (κ1) is 28.9. The van der Waals surface area contributed by atoms with Crippen LogP contribution in [-0.4, -0.2) is 9.55 Å². The van der Waals surface area contributed by atoms with E-state index in [9.17, 15) is 0 Å². The molecule has 0 fully saturated rings. The van der Waals surface area contributed by atoms with Gasteiger partial charge in [0.2, 0.25) is 0 Å². The lowest BCUT2D eigenvalue weighted by Gasteiger charge is -2.45. The van der Waals surface area contributed by atoms with E-state index in [2.05, 4.69) is 150 Å². The van der Waals surface area contributed by atoms with Crippen LogP contribution >= 0.6 is 0 Å². The highest BCUT2D eigenvalue weighted by Gasteiger charge is 2.51. The summed E-state index contributed by atoms with van der Waals surface area (Å²) in [6, 6.07) is 62.0. The summed E-state index contributed by atoms with van der Waals surface area (Å²) < 4.78 is 16.3. The molecule has 0 N–H and O–H groups in total. The van der Waals surface area contributed by atoms with Crippen LogP contribution in [0.3, 0.4) is 0 Å². The second-order valence-electron chi connectivity index (χ2n) is 13.4. The molecule has 4 heteroatoms. The molecule has 9 aromatic rings. The van der Waals surface area contributed by atoms with Crippen LogP contribution in [0.1, 0.15) is 22.3 Å². The Kier molecular flexibility index (Phi) is 6.13. The van der Waals surface area contributed by atoms with Crippen LogP contribution in [0.2, 0.25) is 0 Å². The van der Waals surface area contributed by atoms with E-state index in [1.54, 1.807) is 0 Å². The lowest BCUT2D eigenvalue weighted by molar-refractivity contribution is 0.400. The van der Waals surface area contributed by atoms with E-state index in [-0.39, 0.29) is 0 Å². The lowest BCUT2D eigenvalue weighted by atomic mass is 9.62. The Morgan fingerprint density at radius 2 is 1.12 bits per heavy atom. The van der Waals surface area contributed by atoms with E-state index in [4.69, 9.17) is 14.5 Å². The van der Waals surface area contributed by atoms with E-state index >= 15 is 0 Å². The summed E-state index contributed by atoms with van der Waals surface area (Å²) in [5.74, 6) is 3.30. The van der Waals surface area contributed by atoms with Crippen molar-refractivity contribution in [2.45, 2.75) is 5.41 Å². The number of fused-ring (bicyclic) bond motifs is 11. The van der Waals surface area contributed by atoms with Crippen molar-refractivity contribution in [3.05, 3.63) is 204 Å². The van der Waals surface area contributed by atoms with Gasteiger partial charge < -0.3 is 14.0 Å². The molecular weight excluding hydrogens is 637 g/mol. The van der Waals surface area contributed by atoms with E-state index in [0.29, 0.717) is 0 Å². The summed E-state index contributed by atoms with van der Waals surface area (Å²) >= 11 is 0. The molecule has 0 saturated heterocycles. The Labute approximate surface area is 300 Å². The predicted octanol–water partition coefficient (Wildman–Crippen LogP) is 12.1. The number of rotatable bonds is 3. The van der Waals surface area contributed by atoms with Gasteiger partial charge >= 0.3 is 0 Å². The summed E-state index contributed by atoms with van der Waals surface area (Å²) in [4.78, 5) is 4.70. The van der Waals surface area contributed by atoms with Gasteiger partial charge in [-0.25, -0.2) is 0 Å². The van der Waals surface area contributed by atoms with Gasteiger partial charge in [-0.2, -0.15) is 0 Å². The number of ether oxygens (including phenoxy) is 2. The SMILES string of the molecule is c1ccc(-n2c3ccccc3c3cccc(-c4cccc5c4Oc4cc(-c6ccccn6)ccc4C54c5ccccc5Oc5ccccc54)c32)cc1. The molecule has 52 heavy (non-hydrogen) atoms. The van der Waals surface area contributed by atoms with Crippen LogP contribution in [0.5, 0.6) is 23.0 Å². The maximum atomic E-state index is 7.27. The van der Waals surface area contributed by atoms with Crippen molar-refractivity contribution in [2.24, 2.45) is 0 Å². The molecule has 0 amide bonds. The van der Waals surface area contributed by atoms with Crippen LogP contribution < -0.4 is 9.47 Å². The molecule has 2 aromatic heterocycles. The highest BCUT2D eigenvalue weighted by Crippen LogP contribution is 2.63. The fourth-order valence-electron chi connectivity index (χ4n) is 8.67. The highest BCUT2D eigenvalue weighted by atomic mass is 16.5. The lowest BCUT2D eigenvalue weighted by Crippen LogP contribution is -2.37. The summed E-state index contributed by atoms with van der Waals surface area (Å²) in [6.07, 6.45) is 1.84. The van der Waals surface area contributed by atoms with Gasteiger partial charge in [0.15, 0.2) is 0 Å². The Morgan fingerprint density at radius 1 is 0.462 bits per heavy atom. The quantitative estimate of drug-likeness (QED) is 0.188. The fraction of sp³-hybridized carbons (Fsp3) is 0.0208. The van der Waals surface area contributed by atoms with Crippen LogP contribution in [0.25, 0.3) is 49.9 Å². The normalized spacial score (nSPS) is 13.5. The number of aromatic nitrogens is 2. The number of benzene rings is 7. The zero-order chi connectivity index (χ0) is 34.2. The minimum absolute atomic E-state index is 0.715. The molecule has 244 valence electrons. The molecule has 0 atom stereocenters.